The Labute approximate surface area is 89.3 Å². The van der Waals surface area contributed by atoms with Crippen molar-refractivity contribution < 1.29 is 4.79 Å². The molecule has 0 N–H and O–H groups in total. The molecule has 0 radical (unpaired) electrons. The number of rotatable bonds is 6. The molecule has 84 valence electrons. The lowest BCUT2D eigenvalue weighted by Gasteiger charge is -2.30. The SMILES string of the molecule is CC(C)C[C@@H](C(C)C)[C@@H](C=O)C(C)C. The van der Waals surface area contributed by atoms with Gasteiger partial charge in [0.2, 0.25) is 0 Å². The molecular formula is C13H26O. The molecule has 0 unspecified atom stereocenters. The van der Waals surface area contributed by atoms with Crippen LogP contribution in [0.25, 0.3) is 0 Å². The van der Waals surface area contributed by atoms with Crippen molar-refractivity contribution in [2.24, 2.45) is 29.6 Å². The first-order chi connectivity index (χ1) is 6.40. The van der Waals surface area contributed by atoms with Gasteiger partial charge in [0, 0.05) is 5.92 Å². The van der Waals surface area contributed by atoms with Crippen molar-refractivity contribution in [3.63, 3.8) is 0 Å². The first-order valence-corrected chi connectivity index (χ1v) is 5.85. The second-order valence-corrected chi connectivity index (χ2v) is 5.49. The summed E-state index contributed by atoms with van der Waals surface area (Å²) in [5.74, 6) is 2.54. The van der Waals surface area contributed by atoms with Crippen LogP contribution in [0.2, 0.25) is 0 Å². The fourth-order valence-electron chi connectivity index (χ4n) is 2.17. The zero-order valence-corrected chi connectivity index (χ0v) is 10.6. The number of hydrogen-bond acceptors (Lipinski definition) is 1. The van der Waals surface area contributed by atoms with Crippen LogP contribution in [0.4, 0.5) is 0 Å². The van der Waals surface area contributed by atoms with Crippen molar-refractivity contribution in [3.8, 4) is 0 Å². The third-order valence-corrected chi connectivity index (χ3v) is 3.02. The average molecular weight is 198 g/mol. The summed E-state index contributed by atoms with van der Waals surface area (Å²) in [5.41, 5.74) is 0. The van der Waals surface area contributed by atoms with Gasteiger partial charge >= 0.3 is 0 Å². The van der Waals surface area contributed by atoms with Crippen LogP contribution in [0, 0.1) is 29.6 Å². The van der Waals surface area contributed by atoms with Crippen molar-refractivity contribution in [1.82, 2.24) is 0 Å². The van der Waals surface area contributed by atoms with Crippen molar-refractivity contribution in [3.05, 3.63) is 0 Å². The van der Waals surface area contributed by atoms with E-state index >= 15 is 0 Å². The zero-order chi connectivity index (χ0) is 11.3. The van der Waals surface area contributed by atoms with E-state index in [0.717, 1.165) is 6.29 Å². The van der Waals surface area contributed by atoms with E-state index in [2.05, 4.69) is 41.5 Å². The molecule has 0 fully saturated rings. The first-order valence-electron chi connectivity index (χ1n) is 5.85. The molecule has 0 bridgehead atoms. The fourth-order valence-corrected chi connectivity index (χ4v) is 2.17. The van der Waals surface area contributed by atoms with Gasteiger partial charge in [0.25, 0.3) is 0 Å². The summed E-state index contributed by atoms with van der Waals surface area (Å²) in [6.45, 7) is 13.2. The van der Waals surface area contributed by atoms with Crippen LogP contribution >= 0.6 is 0 Å². The van der Waals surface area contributed by atoms with Crippen LogP contribution in [0.3, 0.4) is 0 Å². The highest BCUT2D eigenvalue weighted by Gasteiger charge is 2.27. The van der Waals surface area contributed by atoms with Crippen LogP contribution in [0.15, 0.2) is 0 Å². The van der Waals surface area contributed by atoms with Crippen LogP contribution in [0.1, 0.15) is 48.0 Å². The normalized spacial score (nSPS) is 16.4. The van der Waals surface area contributed by atoms with E-state index in [0.29, 0.717) is 23.7 Å². The quantitative estimate of drug-likeness (QED) is 0.594. The molecule has 1 nitrogen and oxygen atoms in total. The predicted molar refractivity (Wildman–Crippen MR) is 62.2 cm³/mol. The molecule has 0 aromatic carbocycles. The van der Waals surface area contributed by atoms with Crippen LogP contribution in [-0.2, 0) is 4.79 Å². The molecule has 0 saturated carbocycles. The topological polar surface area (TPSA) is 17.1 Å². The van der Waals surface area contributed by atoms with Crippen LogP contribution in [-0.4, -0.2) is 6.29 Å². The van der Waals surface area contributed by atoms with Crippen LogP contribution < -0.4 is 0 Å². The molecule has 0 saturated heterocycles. The maximum absolute atomic E-state index is 11.1. The van der Waals surface area contributed by atoms with Gasteiger partial charge in [-0.3, -0.25) is 0 Å². The van der Waals surface area contributed by atoms with E-state index in [1.165, 1.54) is 6.42 Å². The highest BCUT2D eigenvalue weighted by atomic mass is 16.1. The monoisotopic (exact) mass is 198 g/mol. The summed E-state index contributed by atoms with van der Waals surface area (Å²) in [6.07, 6.45) is 2.33. The minimum Gasteiger partial charge on any atom is -0.303 e. The van der Waals surface area contributed by atoms with Gasteiger partial charge < -0.3 is 4.79 Å². The lowest BCUT2D eigenvalue weighted by molar-refractivity contribution is -0.114. The number of carbonyl (C=O) groups excluding carboxylic acids is 1. The Bertz CT molecular complexity index is 159. The number of aldehydes is 1. The molecule has 0 aromatic rings. The van der Waals surface area contributed by atoms with Gasteiger partial charge in [0.15, 0.2) is 0 Å². The summed E-state index contributed by atoms with van der Waals surface area (Å²) in [5, 5.41) is 0. The Balaban J connectivity index is 4.52. The Morgan fingerprint density at radius 3 is 1.64 bits per heavy atom. The smallest absolute Gasteiger partial charge is 0.123 e. The van der Waals surface area contributed by atoms with Gasteiger partial charge in [-0.2, -0.15) is 0 Å². The summed E-state index contributed by atoms with van der Waals surface area (Å²) >= 11 is 0. The van der Waals surface area contributed by atoms with E-state index in [1.54, 1.807) is 0 Å². The number of hydrogen-bond donors (Lipinski definition) is 0. The van der Waals surface area contributed by atoms with Crippen molar-refractivity contribution >= 4 is 6.29 Å². The summed E-state index contributed by atoms with van der Waals surface area (Å²) in [6, 6.07) is 0. The molecule has 0 amide bonds. The Hall–Kier alpha value is -0.330. The van der Waals surface area contributed by atoms with E-state index in [4.69, 9.17) is 0 Å². The lowest BCUT2D eigenvalue weighted by atomic mass is 9.74. The molecule has 0 rings (SSSR count). The molecule has 0 aliphatic heterocycles. The van der Waals surface area contributed by atoms with E-state index in [9.17, 15) is 4.79 Å². The van der Waals surface area contributed by atoms with E-state index < -0.39 is 0 Å². The summed E-state index contributed by atoms with van der Waals surface area (Å²) in [7, 11) is 0. The zero-order valence-electron chi connectivity index (χ0n) is 10.6. The highest BCUT2D eigenvalue weighted by Crippen LogP contribution is 2.31. The van der Waals surface area contributed by atoms with Crippen LogP contribution in [0.5, 0.6) is 0 Å². The predicted octanol–water partition coefficient (Wildman–Crippen LogP) is 3.78. The lowest BCUT2D eigenvalue weighted by Crippen LogP contribution is -2.27. The molecule has 0 heterocycles. The maximum Gasteiger partial charge on any atom is 0.123 e. The maximum atomic E-state index is 11.1. The van der Waals surface area contributed by atoms with Gasteiger partial charge in [-0.25, -0.2) is 0 Å². The molecule has 0 aliphatic rings. The van der Waals surface area contributed by atoms with Crippen molar-refractivity contribution in [1.29, 1.82) is 0 Å². The Kier molecular flexibility index (Phi) is 6.06. The molecule has 14 heavy (non-hydrogen) atoms. The molecule has 2 atom stereocenters. The van der Waals surface area contributed by atoms with Crippen molar-refractivity contribution in [2.75, 3.05) is 0 Å². The van der Waals surface area contributed by atoms with Gasteiger partial charge in [-0.1, -0.05) is 41.5 Å². The summed E-state index contributed by atoms with van der Waals surface area (Å²) < 4.78 is 0. The molecule has 0 aliphatic carbocycles. The molecule has 1 heteroatoms. The minimum atomic E-state index is 0.234. The first kappa shape index (κ1) is 13.7. The second-order valence-electron chi connectivity index (χ2n) is 5.49. The highest BCUT2D eigenvalue weighted by molar-refractivity contribution is 5.54. The van der Waals surface area contributed by atoms with Gasteiger partial charge in [0.1, 0.15) is 6.29 Å². The largest absolute Gasteiger partial charge is 0.303 e. The van der Waals surface area contributed by atoms with Gasteiger partial charge in [-0.05, 0) is 30.1 Å². The third kappa shape index (κ3) is 4.26. The third-order valence-electron chi connectivity index (χ3n) is 3.02. The number of carbonyl (C=O) groups is 1. The standard InChI is InChI=1S/C13H26O/c1-9(2)7-12(10(3)4)13(8-14)11(5)6/h8-13H,7H2,1-6H3/t12-,13-/m0/s1. The van der Waals surface area contributed by atoms with E-state index in [-0.39, 0.29) is 5.92 Å². The minimum absolute atomic E-state index is 0.234. The Morgan fingerprint density at radius 1 is 0.929 bits per heavy atom. The molecule has 0 spiro atoms. The fraction of sp³-hybridized carbons (Fsp3) is 0.923. The average Bonchev–Trinajstić information content (AvgIpc) is 2.02. The molecule has 0 aromatic heterocycles. The summed E-state index contributed by atoms with van der Waals surface area (Å²) in [4.78, 5) is 11.1. The Morgan fingerprint density at radius 2 is 1.43 bits per heavy atom. The van der Waals surface area contributed by atoms with E-state index in [1.807, 2.05) is 0 Å². The molecular weight excluding hydrogens is 172 g/mol. The van der Waals surface area contributed by atoms with Gasteiger partial charge in [0.05, 0.1) is 0 Å². The second kappa shape index (κ2) is 6.21. The van der Waals surface area contributed by atoms with Crippen molar-refractivity contribution in [2.45, 2.75) is 48.0 Å². The van der Waals surface area contributed by atoms with Gasteiger partial charge in [-0.15, -0.1) is 0 Å².